The van der Waals surface area contributed by atoms with Gasteiger partial charge in [-0.2, -0.15) is 0 Å². The van der Waals surface area contributed by atoms with Crippen molar-refractivity contribution >= 4 is 5.69 Å². The maximum absolute atomic E-state index is 6.14. The third-order valence-electron chi connectivity index (χ3n) is 4.14. The number of rotatable bonds is 3. The highest BCUT2D eigenvalue weighted by atomic mass is 16.6. The Labute approximate surface area is 121 Å². The minimum Gasteiger partial charge on any atom is -0.486 e. The van der Waals surface area contributed by atoms with Crippen molar-refractivity contribution in [2.24, 2.45) is 5.41 Å². The molecule has 1 atom stereocenters. The Morgan fingerprint density at radius 3 is 2.30 bits per heavy atom. The summed E-state index contributed by atoms with van der Waals surface area (Å²) in [4.78, 5) is 2.32. The number of hydrogen-bond donors (Lipinski definition) is 1. The van der Waals surface area contributed by atoms with E-state index in [9.17, 15) is 0 Å². The van der Waals surface area contributed by atoms with Gasteiger partial charge in [0.25, 0.3) is 0 Å². The Kier molecular flexibility index (Phi) is 4.14. The maximum Gasteiger partial charge on any atom is 0.163 e. The third kappa shape index (κ3) is 3.18. The molecule has 0 aromatic heterocycles. The Balaban J connectivity index is 2.17. The zero-order chi connectivity index (χ0) is 14.9. The minimum absolute atomic E-state index is 0.233. The van der Waals surface area contributed by atoms with Crippen LogP contribution in [-0.4, -0.2) is 31.2 Å². The molecule has 0 fully saturated rings. The van der Waals surface area contributed by atoms with Crippen molar-refractivity contribution in [2.75, 3.05) is 26.0 Å². The molecule has 1 aromatic rings. The van der Waals surface area contributed by atoms with Crippen molar-refractivity contribution < 1.29 is 9.47 Å². The molecule has 1 aliphatic rings. The smallest absolute Gasteiger partial charge is 0.163 e. The Hall–Kier alpha value is -1.42. The number of anilines is 1. The van der Waals surface area contributed by atoms with Gasteiger partial charge in [0.2, 0.25) is 0 Å². The standard InChI is InChI=1S/C16H26N2O2/c1-11(16(2,3)4)18(5)10-12-8-14-15(9-13(12)17)20-7-6-19-14/h8-9,11H,6-7,10,17H2,1-5H3. The molecule has 0 spiro atoms. The van der Waals surface area contributed by atoms with Gasteiger partial charge in [-0.1, -0.05) is 20.8 Å². The van der Waals surface area contributed by atoms with Crippen LogP contribution in [0.1, 0.15) is 33.3 Å². The topological polar surface area (TPSA) is 47.7 Å². The van der Waals surface area contributed by atoms with Gasteiger partial charge >= 0.3 is 0 Å². The van der Waals surface area contributed by atoms with Gasteiger partial charge in [0.1, 0.15) is 13.2 Å². The average Bonchev–Trinajstić information content (AvgIpc) is 2.37. The van der Waals surface area contributed by atoms with E-state index in [0.29, 0.717) is 19.3 Å². The summed E-state index contributed by atoms with van der Waals surface area (Å²) in [5, 5.41) is 0. The summed E-state index contributed by atoms with van der Waals surface area (Å²) < 4.78 is 11.2. The molecule has 0 bridgehead atoms. The third-order valence-corrected chi connectivity index (χ3v) is 4.14. The van der Waals surface area contributed by atoms with Crippen LogP contribution in [0.15, 0.2) is 12.1 Å². The van der Waals surface area contributed by atoms with E-state index >= 15 is 0 Å². The first kappa shape index (κ1) is 15.0. The molecule has 1 aliphatic heterocycles. The van der Waals surface area contributed by atoms with Gasteiger partial charge in [-0.3, -0.25) is 4.90 Å². The normalized spacial score (nSPS) is 16.3. The molecule has 0 aliphatic carbocycles. The van der Waals surface area contributed by atoms with Crippen LogP contribution < -0.4 is 15.2 Å². The van der Waals surface area contributed by atoms with Gasteiger partial charge < -0.3 is 15.2 Å². The Morgan fingerprint density at radius 1 is 1.20 bits per heavy atom. The van der Waals surface area contributed by atoms with E-state index in [1.54, 1.807) is 0 Å². The molecule has 0 amide bonds. The number of ether oxygens (including phenoxy) is 2. The molecule has 20 heavy (non-hydrogen) atoms. The summed E-state index contributed by atoms with van der Waals surface area (Å²) in [5.41, 5.74) is 8.23. The minimum atomic E-state index is 0.233. The second kappa shape index (κ2) is 5.52. The van der Waals surface area contributed by atoms with Crippen molar-refractivity contribution in [1.82, 2.24) is 4.90 Å². The van der Waals surface area contributed by atoms with Crippen molar-refractivity contribution in [3.8, 4) is 11.5 Å². The van der Waals surface area contributed by atoms with E-state index in [2.05, 4.69) is 39.6 Å². The number of benzene rings is 1. The van der Waals surface area contributed by atoms with E-state index in [4.69, 9.17) is 15.2 Å². The summed E-state index contributed by atoms with van der Waals surface area (Å²) in [6.45, 7) is 11.0. The fraction of sp³-hybridized carbons (Fsp3) is 0.625. The molecule has 112 valence electrons. The molecule has 2 rings (SSSR count). The lowest BCUT2D eigenvalue weighted by molar-refractivity contribution is 0.134. The van der Waals surface area contributed by atoms with Gasteiger partial charge in [-0.25, -0.2) is 0 Å². The highest BCUT2D eigenvalue weighted by Gasteiger charge is 2.24. The van der Waals surface area contributed by atoms with Crippen LogP contribution in [0.25, 0.3) is 0 Å². The van der Waals surface area contributed by atoms with Gasteiger partial charge in [0.15, 0.2) is 11.5 Å². The average molecular weight is 278 g/mol. The molecule has 0 radical (unpaired) electrons. The van der Waals surface area contributed by atoms with Crippen LogP contribution in [0.2, 0.25) is 0 Å². The molecule has 0 saturated heterocycles. The van der Waals surface area contributed by atoms with E-state index in [1.165, 1.54) is 0 Å². The Bertz CT molecular complexity index is 480. The number of nitrogens with zero attached hydrogens (tertiary/aromatic N) is 1. The SMILES string of the molecule is CC(N(C)Cc1cc2c(cc1N)OCCO2)C(C)(C)C. The van der Waals surface area contributed by atoms with Gasteiger partial charge in [-0.05, 0) is 31.0 Å². The fourth-order valence-electron chi connectivity index (χ4n) is 2.35. The van der Waals surface area contributed by atoms with Crippen LogP contribution >= 0.6 is 0 Å². The number of fused-ring (bicyclic) bond motifs is 1. The lowest BCUT2D eigenvalue weighted by atomic mass is 9.87. The van der Waals surface area contributed by atoms with Crippen LogP contribution in [0, 0.1) is 5.41 Å². The predicted octanol–water partition coefficient (Wildman–Crippen LogP) is 2.91. The highest BCUT2D eigenvalue weighted by Crippen LogP contribution is 2.35. The van der Waals surface area contributed by atoms with Crippen LogP contribution in [-0.2, 0) is 6.54 Å². The summed E-state index contributed by atoms with van der Waals surface area (Å²) in [5.74, 6) is 1.56. The summed E-state index contributed by atoms with van der Waals surface area (Å²) in [6, 6.07) is 4.34. The number of nitrogen functional groups attached to an aromatic ring is 1. The van der Waals surface area contributed by atoms with Gasteiger partial charge in [-0.15, -0.1) is 0 Å². The lowest BCUT2D eigenvalue weighted by Crippen LogP contribution is -2.38. The molecule has 1 heterocycles. The molecule has 4 nitrogen and oxygen atoms in total. The van der Waals surface area contributed by atoms with Gasteiger partial charge in [0.05, 0.1) is 0 Å². The van der Waals surface area contributed by atoms with E-state index in [1.807, 2.05) is 12.1 Å². The number of hydrogen-bond acceptors (Lipinski definition) is 4. The van der Waals surface area contributed by atoms with Gasteiger partial charge in [0, 0.05) is 24.3 Å². The largest absolute Gasteiger partial charge is 0.486 e. The summed E-state index contributed by atoms with van der Waals surface area (Å²) >= 11 is 0. The molecule has 1 unspecified atom stereocenters. The second-order valence-corrected chi connectivity index (χ2v) is 6.65. The van der Waals surface area contributed by atoms with E-state index in [-0.39, 0.29) is 5.41 Å². The fourth-order valence-corrected chi connectivity index (χ4v) is 2.35. The molecule has 2 N–H and O–H groups in total. The molecule has 1 aromatic carbocycles. The van der Waals surface area contributed by atoms with E-state index in [0.717, 1.165) is 29.3 Å². The number of nitrogens with two attached hydrogens (primary N) is 1. The Morgan fingerprint density at radius 2 is 1.75 bits per heavy atom. The van der Waals surface area contributed by atoms with E-state index < -0.39 is 0 Å². The maximum atomic E-state index is 6.14. The van der Waals surface area contributed by atoms with Crippen molar-refractivity contribution in [2.45, 2.75) is 40.3 Å². The summed E-state index contributed by atoms with van der Waals surface area (Å²) in [7, 11) is 2.13. The second-order valence-electron chi connectivity index (χ2n) is 6.65. The van der Waals surface area contributed by atoms with Crippen LogP contribution in [0.3, 0.4) is 0 Å². The van der Waals surface area contributed by atoms with Crippen LogP contribution in [0.4, 0.5) is 5.69 Å². The van der Waals surface area contributed by atoms with Crippen molar-refractivity contribution in [3.05, 3.63) is 17.7 Å². The first-order valence-electron chi connectivity index (χ1n) is 7.17. The lowest BCUT2D eigenvalue weighted by Gasteiger charge is -2.35. The quantitative estimate of drug-likeness (QED) is 0.864. The summed E-state index contributed by atoms with van der Waals surface area (Å²) in [6.07, 6.45) is 0. The highest BCUT2D eigenvalue weighted by molar-refractivity contribution is 5.58. The van der Waals surface area contributed by atoms with Crippen molar-refractivity contribution in [1.29, 1.82) is 0 Å². The molecular formula is C16H26N2O2. The zero-order valence-corrected chi connectivity index (χ0v) is 13.2. The zero-order valence-electron chi connectivity index (χ0n) is 13.2. The predicted molar refractivity (Wildman–Crippen MR) is 82.2 cm³/mol. The monoisotopic (exact) mass is 278 g/mol. The molecule has 0 saturated carbocycles. The first-order valence-corrected chi connectivity index (χ1v) is 7.17. The molecular weight excluding hydrogens is 252 g/mol. The van der Waals surface area contributed by atoms with Crippen LogP contribution in [0.5, 0.6) is 11.5 Å². The van der Waals surface area contributed by atoms with Crippen molar-refractivity contribution in [3.63, 3.8) is 0 Å². The molecule has 4 heteroatoms. The first-order chi connectivity index (χ1) is 9.29.